The molecule has 0 aliphatic carbocycles. The van der Waals surface area contributed by atoms with Crippen LogP contribution in [0.2, 0.25) is 0 Å². The molecule has 17 heavy (non-hydrogen) atoms. The van der Waals surface area contributed by atoms with E-state index in [9.17, 15) is 13.2 Å². The normalized spacial score (nSPS) is 21.6. The summed E-state index contributed by atoms with van der Waals surface area (Å²) < 4.78 is 37.8. The minimum Gasteiger partial charge on any atom is -0.396 e. The number of nitrogens with two attached hydrogens (primary N) is 1. The van der Waals surface area contributed by atoms with Gasteiger partial charge in [0.25, 0.3) is 0 Å². The summed E-state index contributed by atoms with van der Waals surface area (Å²) in [7, 11) is 0. The predicted molar refractivity (Wildman–Crippen MR) is 57.4 cm³/mol. The third-order valence-electron chi connectivity index (χ3n) is 2.83. The minimum atomic E-state index is -4.15. The lowest BCUT2D eigenvalue weighted by Gasteiger charge is -2.33. The first kappa shape index (κ1) is 11.9. The van der Waals surface area contributed by atoms with Gasteiger partial charge in [0.05, 0.1) is 24.0 Å². The zero-order chi connectivity index (χ0) is 12.5. The van der Waals surface area contributed by atoms with Crippen molar-refractivity contribution in [2.75, 3.05) is 23.7 Å². The summed E-state index contributed by atoms with van der Waals surface area (Å²) in [6, 6.07) is 0. The first-order valence-corrected chi connectivity index (χ1v) is 5.36. The molecule has 0 spiro atoms. The standard InChI is InChI=1S/C10H13F3N4/c11-10(12,13)7-2-1-3-17(6-7)9-15-4-8(14)5-16-9/h4-5,7H,1-3,6,14H2. The molecule has 1 atom stereocenters. The number of aromatic nitrogens is 2. The Balaban J connectivity index is 2.09. The van der Waals surface area contributed by atoms with Gasteiger partial charge in [-0.15, -0.1) is 0 Å². The fourth-order valence-electron chi connectivity index (χ4n) is 1.92. The Morgan fingerprint density at radius 3 is 2.53 bits per heavy atom. The zero-order valence-electron chi connectivity index (χ0n) is 9.11. The van der Waals surface area contributed by atoms with Crippen molar-refractivity contribution in [3.63, 3.8) is 0 Å². The van der Waals surface area contributed by atoms with Crippen LogP contribution in [0.5, 0.6) is 0 Å². The van der Waals surface area contributed by atoms with Crippen LogP contribution in [0.15, 0.2) is 12.4 Å². The second-order valence-electron chi connectivity index (χ2n) is 4.14. The highest BCUT2D eigenvalue weighted by molar-refractivity contribution is 5.38. The van der Waals surface area contributed by atoms with Crippen LogP contribution >= 0.6 is 0 Å². The zero-order valence-corrected chi connectivity index (χ0v) is 9.11. The molecular formula is C10H13F3N4. The lowest BCUT2D eigenvalue weighted by atomic mass is 9.98. The average molecular weight is 246 g/mol. The molecule has 1 aliphatic heterocycles. The van der Waals surface area contributed by atoms with Crippen LogP contribution in [0.1, 0.15) is 12.8 Å². The third kappa shape index (κ3) is 2.78. The highest BCUT2D eigenvalue weighted by Crippen LogP contribution is 2.33. The van der Waals surface area contributed by atoms with Crippen molar-refractivity contribution in [3.05, 3.63) is 12.4 Å². The monoisotopic (exact) mass is 246 g/mol. The molecule has 2 rings (SSSR count). The van der Waals surface area contributed by atoms with Gasteiger partial charge in [0.1, 0.15) is 0 Å². The van der Waals surface area contributed by atoms with Crippen molar-refractivity contribution in [2.45, 2.75) is 19.0 Å². The maximum absolute atomic E-state index is 12.6. The molecule has 1 saturated heterocycles. The summed E-state index contributed by atoms with van der Waals surface area (Å²) in [4.78, 5) is 9.44. The summed E-state index contributed by atoms with van der Waals surface area (Å²) in [6.45, 7) is 0.476. The van der Waals surface area contributed by atoms with Crippen molar-refractivity contribution in [1.82, 2.24) is 9.97 Å². The molecule has 0 radical (unpaired) electrons. The quantitative estimate of drug-likeness (QED) is 0.821. The van der Waals surface area contributed by atoms with Crippen LogP contribution in [-0.2, 0) is 0 Å². The first-order valence-electron chi connectivity index (χ1n) is 5.36. The largest absolute Gasteiger partial charge is 0.396 e. The number of rotatable bonds is 1. The average Bonchev–Trinajstić information content (AvgIpc) is 2.29. The topological polar surface area (TPSA) is 55.0 Å². The maximum atomic E-state index is 12.6. The van der Waals surface area contributed by atoms with Crippen LogP contribution in [0.3, 0.4) is 0 Å². The van der Waals surface area contributed by atoms with E-state index in [0.29, 0.717) is 24.6 Å². The third-order valence-corrected chi connectivity index (χ3v) is 2.83. The lowest BCUT2D eigenvalue weighted by molar-refractivity contribution is -0.176. The summed E-state index contributed by atoms with van der Waals surface area (Å²) in [5.41, 5.74) is 5.83. The molecule has 4 nitrogen and oxygen atoms in total. The smallest absolute Gasteiger partial charge is 0.393 e. The minimum absolute atomic E-state index is 0.0760. The van der Waals surface area contributed by atoms with Crippen LogP contribution < -0.4 is 10.6 Å². The molecule has 1 unspecified atom stereocenters. The van der Waals surface area contributed by atoms with Crippen LogP contribution in [0, 0.1) is 5.92 Å². The fourth-order valence-corrected chi connectivity index (χ4v) is 1.92. The van der Waals surface area contributed by atoms with Gasteiger partial charge in [-0.3, -0.25) is 0 Å². The van der Waals surface area contributed by atoms with Gasteiger partial charge in [0.15, 0.2) is 0 Å². The molecule has 1 aromatic rings. The van der Waals surface area contributed by atoms with Crippen LogP contribution in [-0.4, -0.2) is 29.2 Å². The number of halogens is 3. The lowest BCUT2D eigenvalue weighted by Crippen LogP contribution is -2.42. The SMILES string of the molecule is Nc1cnc(N2CCCC(C(F)(F)F)C2)nc1. The summed E-state index contributed by atoms with van der Waals surface area (Å²) in [5.74, 6) is -0.981. The van der Waals surface area contributed by atoms with E-state index < -0.39 is 12.1 Å². The van der Waals surface area contributed by atoms with Gasteiger partial charge in [-0.25, -0.2) is 9.97 Å². The molecule has 1 aliphatic rings. The van der Waals surface area contributed by atoms with Crippen LogP contribution in [0.25, 0.3) is 0 Å². The fraction of sp³-hybridized carbons (Fsp3) is 0.600. The number of nitrogen functional groups attached to an aromatic ring is 1. The highest BCUT2D eigenvalue weighted by atomic mass is 19.4. The Labute approximate surface area is 96.7 Å². The van der Waals surface area contributed by atoms with E-state index in [4.69, 9.17) is 5.73 Å². The molecule has 2 N–H and O–H groups in total. The van der Waals surface area contributed by atoms with Gasteiger partial charge in [0.2, 0.25) is 5.95 Å². The van der Waals surface area contributed by atoms with E-state index in [1.807, 2.05) is 0 Å². The molecule has 1 fully saturated rings. The molecule has 0 bridgehead atoms. The van der Waals surface area contributed by atoms with Gasteiger partial charge < -0.3 is 10.6 Å². The number of hydrogen-bond donors (Lipinski definition) is 1. The van der Waals surface area contributed by atoms with Gasteiger partial charge in [0, 0.05) is 13.1 Å². The molecule has 7 heteroatoms. The maximum Gasteiger partial charge on any atom is 0.393 e. The van der Waals surface area contributed by atoms with Gasteiger partial charge >= 0.3 is 6.18 Å². The predicted octanol–water partition coefficient (Wildman–Crippen LogP) is 1.84. The van der Waals surface area contributed by atoms with Crippen LogP contribution in [0.4, 0.5) is 24.8 Å². The number of anilines is 2. The van der Waals surface area contributed by atoms with Crippen molar-refractivity contribution in [1.29, 1.82) is 0 Å². The molecular weight excluding hydrogens is 233 g/mol. The van der Waals surface area contributed by atoms with Crippen molar-refractivity contribution in [3.8, 4) is 0 Å². The van der Waals surface area contributed by atoms with Crippen molar-refractivity contribution in [2.24, 2.45) is 5.92 Å². The second-order valence-corrected chi connectivity index (χ2v) is 4.14. The van der Waals surface area contributed by atoms with Gasteiger partial charge in [-0.05, 0) is 12.8 Å². The Kier molecular flexibility index (Phi) is 3.08. The number of alkyl halides is 3. The van der Waals surface area contributed by atoms with Crippen molar-refractivity contribution < 1.29 is 13.2 Å². The molecule has 0 saturated carbocycles. The second kappa shape index (κ2) is 4.38. The van der Waals surface area contributed by atoms with Crippen molar-refractivity contribution >= 4 is 11.6 Å². The van der Waals surface area contributed by atoms with E-state index in [1.165, 1.54) is 12.4 Å². The molecule has 0 aromatic carbocycles. The summed E-state index contributed by atoms with van der Waals surface area (Å²) in [5, 5.41) is 0. The molecule has 0 amide bonds. The highest BCUT2D eigenvalue weighted by Gasteiger charge is 2.42. The number of nitrogens with zero attached hydrogens (tertiary/aromatic N) is 3. The van der Waals surface area contributed by atoms with E-state index >= 15 is 0 Å². The number of piperidine rings is 1. The van der Waals surface area contributed by atoms with E-state index in [1.54, 1.807) is 4.90 Å². The van der Waals surface area contributed by atoms with E-state index in [-0.39, 0.29) is 13.0 Å². The molecule has 1 aromatic heterocycles. The Bertz CT molecular complexity index is 376. The summed E-state index contributed by atoms with van der Waals surface area (Å²) >= 11 is 0. The molecule has 94 valence electrons. The number of hydrogen-bond acceptors (Lipinski definition) is 4. The molecule has 2 heterocycles. The Morgan fingerprint density at radius 1 is 1.29 bits per heavy atom. The van der Waals surface area contributed by atoms with Gasteiger partial charge in [-0.1, -0.05) is 0 Å². The van der Waals surface area contributed by atoms with E-state index in [2.05, 4.69) is 9.97 Å². The first-order chi connectivity index (χ1) is 7.97. The summed E-state index contributed by atoms with van der Waals surface area (Å²) in [6.07, 6.45) is -0.668. The Hall–Kier alpha value is -1.53. The van der Waals surface area contributed by atoms with E-state index in [0.717, 1.165) is 0 Å². The van der Waals surface area contributed by atoms with Gasteiger partial charge in [-0.2, -0.15) is 13.2 Å². The Morgan fingerprint density at radius 2 is 1.94 bits per heavy atom.